The first-order valence-corrected chi connectivity index (χ1v) is 6.62. The summed E-state index contributed by atoms with van der Waals surface area (Å²) in [5.41, 5.74) is 6.24. The quantitative estimate of drug-likeness (QED) is 0.710. The van der Waals surface area contributed by atoms with Gasteiger partial charge < -0.3 is 0 Å². The number of benzene rings is 2. The molecule has 0 radical (unpaired) electrons. The number of aryl methyl sites for hydroxylation is 2. The summed E-state index contributed by atoms with van der Waals surface area (Å²) < 4.78 is 0. The summed E-state index contributed by atoms with van der Waals surface area (Å²) in [5.74, 6) is 0. The van der Waals surface area contributed by atoms with Gasteiger partial charge in [-0.15, -0.1) is 0 Å². The van der Waals surface area contributed by atoms with Crippen molar-refractivity contribution < 1.29 is 0 Å². The van der Waals surface area contributed by atoms with E-state index in [-0.39, 0.29) is 0 Å². The van der Waals surface area contributed by atoms with Gasteiger partial charge in [-0.25, -0.2) is 0 Å². The molecule has 2 aromatic carbocycles. The van der Waals surface area contributed by atoms with Gasteiger partial charge >= 0.3 is 0 Å². The van der Waals surface area contributed by atoms with Crippen LogP contribution >= 0.6 is 0 Å². The molecule has 0 spiro atoms. The van der Waals surface area contributed by atoms with E-state index in [1.54, 1.807) is 0 Å². The molecule has 2 rings (SSSR count). The molecule has 0 fully saturated rings. The lowest BCUT2D eigenvalue weighted by molar-refractivity contribution is 1.14. The van der Waals surface area contributed by atoms with Crippen molar-refractivity contribution in [2.45, 2.75) is 26.7 Å². The van der Waals surface area contributed by atoms with Crippen molar-refractivity contribution in [3.63, 3.8) is 0 Å². The van der Waals surface area contributed by atoms with Crippen molar-refractivity contribution in [1.29, 1.82) is 0 Å². The van der Waals surface area contributed by atoms with Gasteiger partial charge in [0.25, 0.3) is 0 Å². The Hall–Kier alpha value is -1.82. The molecule has 0 aliphatic heterocycles. The molecule has 0 saturated carbocycles. The van der Waals surface area contributed by atoms with Crippen molar-refractivity contribution >= 4 is 5.57 Å². The van der Waals surface area contributed by atoms with Crippen LogP contribution < -0.4 is 0 Å². The van der Waals surface area contributed by atoms with Gasteiger partial charge in [0.1, 0.15) is 0 Å². The number of rotatable bonds is 4. The Labute approximate surface area is 110 Å². The minimum absolute atomic E-state index is 1.08. The van der Waals surface area contributed by atoms with Crippen LogP contribution in [0.25, 0.3) is 5.57 Å². The van der Waals surface area contributed by atoms with Crippen molar-refractivity contribution in [3.8, 4) is 0 Å². The molecule has 0 heteroatoms. The van der Waals surface area contributed by atoms with Gasteiger partial charge in [0.05, 0.1) is 0 Å². The molecule has 0 heterocycles. The maximum atomic E-state index is 4.21. The third-order valence-electron chi connectivity index (χ3n) is 3.42. The van der Waals surface area contributed by atoms with E-state index in [4.69, 9.17) is 0 Å². The van der Waals surface area contributed by atoms with E-state index in [2.05, 4.69) is 69.0 Å². The second-order valence-corrected chi connectivity index (χ2v) is 4.58. The van der Waals surface area contributed by atoms with Crippen LogP contribution in [0.1, 0.15) is 36.1 Å². The molecule has 0 aromatic heterocycles. The summed E-state index contributed by atoms with van der Waals surface area (Å²) >= 11 is 0. The largest absolute Gasteiger partial charge is 0.0906 e. The van der Waals surface area contributed by atoms with Gasteiger partial charge in [-0.1, -0.05) is 69.0 Å². The highest BCUT2D eigenvalue weighted by Crippen LogP contribution is 2.22. The fraction of sp³-hybridized carbons (Fsp3) is 0.222. The monoisotopic (exact) mass is 236 g/mol. The highest BCUT2D eigenvalue weighted by Gasteiger charge is 2.02. The Kier molecular flexibility index (Phi) is 3.99. The van der Waals surface area contributed by atoms with Gasteiger partial charge in [-0.3, -0.25) is 0 Å². The maximum Gasteiger partial charge on any atom is -0.0183 e. The van der Waals surface area contributed by atoms with E-state index in [0.29, 0.717) is 0 Å². The first-order chi connectivity index (χ1) is 8.74. The van der Waals surface area contributed by atoms with Crippen LogP contribution in [0.5, 0.6) is 0 Å². The molecule has 0 atom stereocenters. The van der Waals surface area contributed by atoms with Crippen LogP contribution in [0.4, 0.5) is 0 Å². The van der Waals surface area contributed by atoms with E-state index in [1.807, 2.05) is 0 Å². The molecule has 2 aromatic rings. The van der Waals surface area contributed by atoms with Crippen LogP contribution in [0.3, 0.4) is 0 Å². The van der Waals surface area contributed by atoms with Crippen molar-refractivity contribution in [2.75, 3.05) is 0 Å². The van der Waals surface area contributed by atoms with Crippen LogP contribution in [0.2, 0.25) is 0 Å². The molecule has 0 saturated heterocycles. The van der Waals surface area contributed by atoms with E-state index in [0.717, 1.165) is 18.4 Å². The summed E-state index contributed by atoms with van der Waals surface area (Å²) in [7, 11) is 0. The SMILES string of the molecule is C=C(c1ccc(CC)cc1)c1ccc(CC)cc1. The Morgan fingerprint density at radius 1 is 0.722 bits per heavy atom. The number of hydrogen-bond acceptors (Lipinski definition) is 0. The van der Waals surface area contributed by atoms with Gasteiger partial charge in [0, 0.05) is 0 Å². The summed E-state index contributed by atoms with van der Waals surface area (Å²) in [6.45, 7) is 8.55. The molecule has 0 aliphatic rings. The minimum Gasteiger partial charge on any atom is -0.0906 e. The van der Waals surface area contributed by atoms with Crippen LogP contribution in [-0.2, 0) is 12.8 Å². The third-order valence-corrected chi connectivity index (χ3v) is 3.42. The highest BCUT2D eigenvalue weighted by molar-refractivity contribution is 5.78. The third kappa shape index (κ3) is 2.70. The second-order valence-electron chi connectivity index (χ2n) is 4.58. The smallest absolute Gasteiger partial charge is 0.0183 e. The Morgan fingerprint density at radius 3 is 1.33 bits per heavy atom. The predicted molar refractivity (Wildman–Crippen MR) is 79.8 cm³/mol. The van der Waals surface area contributed by atoms with E-state index in [1.165, 1.54) is 22.3 Å². The molecule has 92 valence electrons. The molecule has 0 unspecified atom stereocenters. The Bertz CT molecular complexity index is 465. The minimum atomic E-state index is 1.08. The first-order valence-electron chi connectivity index (χ1n) is 6.62. The zero-order chi connectivity index (χ0) is 13.0. The molecular weight excluding hydrogens is 216 g/mol. The Morgan fingerprint density at radius 2 is 1.06 bits per heavy atom. The zero-order valence-corrected chi connectivity index (χ0v) is 11.2. The second kappa shape index (κ2) is 5.68. The summed E-state index contributed by atoms with van der Waals surface area (Å²) in [5, 5.41) is 0. The topological polar surface area (TPSA) is 0 Å². The Balaban J connectivity index is 2.23. The van der Waals surface area contributed by atoms with E-state index < -0.39 is 0 Å². The molecule has 0 bridgehead atoms. The van der Waals surface area contributed by atoms with E-state index in [9.17, 15) is 0 Å². The number of hydrogen-bond donors (Lipinski definition) is 0. The highest BCUT2D eigenvalue weighted by atomic mass is 14.1. The molecule has 18 heavy (non-hydrogen) atoms. The van der Waals surface area contributed by atoms with Gasteiger partial charge in [0.15, 0.2) is 0 Å². The van der Waals surface area contributed by atoms with Gasteiger partial charge in [0.2, 0.25) is 0 Å². The standard InChI is InChI=1S/C18H20/c1-4-15-6-10-17(11-7-15)14(3)18-12-8-16(5-2)9-13-18/h6-13H,3-5H2,1-2H3. The lowest BCUT2D eigenvalue weighted by Crippen LogP contribution is -1.88. The van der Waals surface area contributed by atoms with Crippen LogP contribution in [0, 0.1) is 0 Å². The molecule has 0 amide bonds. The summed E-state index contributed by atoms with van der Waals surface area (Å²) in [4.78, 5) is 0. The molecule has 0 nitrogen and oxygen atoms in total. The normalized spacial score (nSPS) is 10.3. The molecule has 0 aliphatic carbocycles. The van der Waals surface area contributed by atoms with E-state index >= 15 is 0 Å². The average Bonchev–Trinajstić information content (AvgIpc) is 2.47. The average molecular weight is 236 g/mol. The molecular formula is C18H20. The van der Waals surface area contributed by atoms with Crippen molar-refractivity contribution in [3.05, 3.63) is 77.4 Å². The van der Waals surface area contributed by atoms with Crippen molar-refractivity contribution in [1.82, 2.24) is 0 Å². The summed E-state index contributed by atoms with van der Waals surface area (Å²) in [6.07, 6.45) is 2.16. The summed E-state index contributed by atoms with van der Waals surface area (Å²) in [6, 6.07) is 17.4. The van der Waals surface area contributed by atoms with Crippen LogP contribution in [0.15, 0.2) is 55.1 Å². The fourth-order valence-electron chi connectivity index (χ4n) is 2.05. The van der Waals surface area contributed by atoms with Crippen LogP contribution in [-0.4, -0.2) is 0 Å². The maximum absolute atomic E-state index is 4.21. The predicted octanol–water partition coefficient (Wildman–Crippen LogP) is 4.87. The fourth-order valence-corrected chi connectivity index (χ4v) is 2.05. The van der Waals surface area contributed by atoms with Crippen molar-refractivity contribution in [2.24, 2.45) is 0 Å². The van der Waals surface area contributed by atoms with Gasteiger partial charge in [-0.2, -0.15) is 0 Å². The van der Waals surface area contributed by atoms with Gasteiger partial charge in [-0.05, 0) is 40.7 Å². The zero-order valence-electron chi connectivity index (χ0n) is 11.2. The first kappa shape index (κ1) is 12.6. The molecule has 0 N–H and O–H groups in total. The lowest BCUT2D eigenvalue weighted by atomic mass is 9.97. The lowest BCUT2D eigenvalue weighted by Gasteiger charge is -2.08.